The van der Waals surface area contributed by atoms with Gasteiger partial charge in [0.1, 0.15) is 5.60 Å². The normalized spacial score (nSPS) is 27.4. The van der Waals surface area contributed by atoms with Crippen LogP contribution in [0, 0.1) is 0 Å². The van der Waals surface area contributed by atoms with Gasteiger partial charge in [0.05, 0.1) is 19.3 Å². The van der Waals surface area contributed by atoms with Crippen LogP contribution in [0.15, 0.2) is 42.5 Å². The average Bonchev–Trinajstić information content (AvgIpc) is 2.89. The van der Waals surface area contributed by atoms with Gasteiger partial charge in [0.15, 0.2) is 0 Å². The van der Waals surface area contributed by atoms with Crippen LogP contribution in [0.1, 0.15) is 18.4 Å². The lowest BCUT2D eigenvalue weighted by Crippen LogP contribution is -2.45. The van der Waals surface area contributed by atoms with Crippen molar-refractivity contribution >= 4 is 10.8 Å². The van der Waals surface area contributed by atoms with Crippen LogP contribution in [0.2, 0.25) is 0 Å². The molecule has 4 nitrogen and oxygen atoms in total. The van der Waals surface area contributed by atoms with Gasteiger partial charge in [-0.25, -0.2) is 0 Å². The molecule has 2 atom stereocenters. The van der Waals surface area contributed by atoms with Gasteiger partial charge < -0.3 is 14.4 Å². The summed E-state index contributed by atoms with van der Waals surface area (Å²) < 4.78 is 12.5. The highest BCUT2D eigenvalue weighted by Gasteiger charge is 2.43. The molecule has 0 N–H and O–H groups in total. The van der Waals surface area contributed by atoms with Crippen LogP contribution in [-0.2, 0) is 16.0 Å². The Morgan fingerprint density at radius 3 is 2.88 bits per heavy atom. The quantitative estimate of drug-likeness (QED) is 0.842. The molecule has 0 bridgehead atoms. The average molecular weight is 354 g/mol. The van der Waals surface area contributed by atoms with Gasteiger partial charge in [0.25, 0.3) is 0 Å². The van der Waals surface area contributed by atoms with Gasteiger partial charge in [-0.05, 0) is 43.3 Å². The van der Waals surface area contributed by atoms with Crippen molar-refractivity contribution in [3.05, 3.63) is 48.0 Å². The SMILES string of the molecule is CN(C)C[C@@H]1CC[C@@]2(COCCN(Cc3cccc4ccccc34)C2)O1. The molecule has 2 fully saturated rings. The number of benzene rings is 2. The molecule has 0 radical (unpaired) electrons. The lowest BCUT2D eigenvalue weighted by atomic mass is 9.99. The molecule has 4 heteroatoms. The fourth-order valence-electron chi connectivity index (χ4n) is 4.44. The van der Waals surface area contributed by atoms with Gasteiger partial charge in [-0.3, -0.25) is 4.90 Å². The zero-order valence-corrected chi connectivity index (χ0v) is 16.0. The summed E-state index contributed by atoms with van der Waals surface area (Å²) in [6.45, 7) is 5.38. The predicted molar refractivity (Wildman–Crippen MR) is 105 cm³/mol. The number of likely N-dealkylation sites (N-methyl/N-ethyl adjacent to an activating group) is 1. The van der Waals surface area contributed by atoms with Crippen LogP contribution in [0.3, 0.4) is 0 Å². The minimum Gasteiger partial charge on any atom is -0.377 e. The van der Waals surface area contributed by atoms with E-state index in [1.807, 2.05) is 0 Å². The summed E-state index contributed by atoms with van der Waals surface area (Å²) in [5, 5.41) is 2.67. The number of hydrogen-bond donors (Lipinski definition) is 0. The predicted octanol–water partition coefficient (Wildman–Crippen LogP) is 3.15. The van der Waals surface area contributed by atoms with Gasteiger partial charge in [0.2, 0.25) is 0 Å². The first-order chi connectivity index (χ1) is 12.6. The number of hydrogen-bond acceptors (Lipinski definition) is 4. The van der Waals surface area contributed by atoms with Crippen molar-refractivity contribution in [2.75, 3.05) is 46.9 Å². The topological polar surface area (TPSA) is 24.9 Å². The maximum Gasteiger partial charge on any atom is 0.105 e. The summed E-state index contributed by atoms with van der Waals surface area (Å²) in [4.78, 5) is 4.74. The Morgan fingerprint density at radius 1 is 1.15 bits per heavy atom. The van der Waals surface area contributed by atoms with E-state index in [4.69, 9.17) is 9.47 Å². The molecule has 2 aliphatic heterocycles. The maximum absolute atomic E-state index is 6.53. The van der Waals surface area contributed by atoms with Gasteiger partial charge in [-0.15, -0.1) is 0 Å². The standard InChI is InChI=1S/C22H30N2O2/c1-23(2)15-20-10-11-22(26-20)16-24(12-13-25-17-22)14-19-8-5-7-18-6-3-4-9-21(18)19/h3-9,20H,10-17H2,1-2H3/t20-,22+/m0/s1. The van der Waals surface area contributed by atoms with Crippen LogP contribution in [0.5, 0.6) is 0 Å². The Hall–Kier alpha value is -1.46. The molecule has 0 amide bonds. The Bertz CT molecular complexity index is 743. The third-order valence-corrected chi connectivity index (χ3v) is 5.61. The van der Waals surface area contributed by atoms with Crippen LogP contribution in [0.4, 0.5) is 0 Å². The van der Waals surface area contributed by atoms with E-state index in [0.717, 1.165) is 52.2 Å². The lowest BCUT2D eigenvalue weighted by Gasteiger charge is -2.32. The number of ether oxygens (including phenoxy) is 2. The molecule has 140 valence electrons. The van der Waals surface area contributed by atoms with Crippen molar-refractivity contribution < 1.29 is 9.47 Å². The van der Waals surface area contributed by atoms with E-state index in [1.54, 1.807) is 0 Å². The molecule has 0 unspecified atom stereocenters. The fourth-order valence-corrected chi connectivity index (χ4v) is 4.44. The van der Waals surface area contributed by atoms with Gasteiger partial charge >= 0.3 is 0 Å². The minimum atomic E-state index is -0.137. The van der Waals surface area contributed by atoms with Gasteiger partial charge in [0, 0.05) is 26.2 Å². The highest BCUT2D eigenvalue weighted by Crippen LogP contribution is 2.34. The van der Waals surface area contributed by atoms with Crippen molar-refractivity contribution in [1.29, 1.82) is 0 Å². The molecule has 4 rings (SSSR count). The second-order valence-corrected chi connectivity index (χ2v) is 8.13. The van der Waals surface area contributed by atoms with Crippen molar-refractivity contribution in [1.82, 2.24) is 9.80 Å². The molecule has 26 heavy (non-hydrogen) atoms. The third kappa shape index (κ3) is 3.94. The van der Waals surface area contributed by atoms with E-state index in [0.29, 0.717) is 6.10 Å². The summed E-state index contributed by atoms with van der Waals surface area (Å²) >= 11 is 0. The first-order valence-corrected chi connectivity index (χ1v) is 9.73. The molecular formula is C22H30N2O2. The second-order valence-electron chi connectivity index (χ2n) is 8.13. The summed E-state index contributed by atoms with van der Waals surface area (Å²) in [6, 6.07) is 15.3. The first-order valence-electron chi connectivity index (χ1n) is 9.73. The Kier molecular flexibility index (Phi) is 5.28. The highest BCUT2D eigenvalue weighted by atomic mass is 16.6. The van der Waals surface area contributed by atoms with Crippen LogP contribution in [0.25, 0.3) is 10.8 Å². The zero-order valence-electron chi connectivity index (χ0n) is 16.0. The maximum atomic E-state index is 6.53. The Labute approximate surface area is 156 Å². The molecular weight excluding hydrogens is 324 g/mol. The van der Waals surface area contributed by atoms with E-state index < -0.39 is 0 Å². The molecule has 2 aromatic carbocycles. The summed E-state index contributed by atoms with van der Waals surface area (Å²) in [7, 11) is 4.23. The Balaban J connectivity index is 1.50. The van der Waals surface area contributed by atoms with E-state index in [9.17, 15) is 0 Å². The number of fused-ring (bicyclic) bond motifs is 1. The zero-order chi connectivity index (χ0) is 18.0. The van der Waals surface area contributed by atoms with Crippen molar-refractivity contribution in [3.63, 3.8) is 0 Å². The molecule has 0 aromatic heterocycles. The highest BCUT2D eigenvalue weighted by molar-refractivity contribution is 5.85. The molecule has 0 aliphatic carbocycles. The first kappa shape index (κ1) is 17.9. The summed E-state index contributed by atoms with van der Waals surface area (Å²) in [5.74, 6) is 0. The largest absolute Gasteiger partial charge is 0.377 e. The molecule has 2 heterocycles. The van der Waals surface area contributed by atoms with E-state index in [-0.39, 0.29) is 5.60 Å². The van der Waals surface area contributed by atoms with Gasteiger partial charge in [-0.1, -0.05) is 42.5 Å². The monoisotopic (exact) mass is 354 g/mol. The van der Waals surface area contributed by atoms with Crippen molar-refractivity contribution in [3.8, 4) is 0 Å². The smallest absolute Gasteiger partial charge is 0.105 e. The molecule has 0 saturated carbocycles. The van der Waals surface area contributed by atoms with Crippen LogP contribution < -0.4 is 0 Å². The number of rotatable bonds is 4. The summed E-state index contributed by atoms with van der Waals surface area (Å²) in [5.41, 5.74) is 1.25. The lowest BCUT2D eigenvalue weighted by molar-refractivity contribution is -0.0901. The van der Waals surface area contributed by atoms with Crippen molar-refractivity contribution in [2.45, 2.75) is 31.1 Å². The van der Waals surface area contributed by atoms with E-state index >= 15 is 0 Å². The molecule has 2 aromatic rings. The molecule has 1 spiro atoms. The molecule has 2 aliphatic rings. The fraction of sp³-hybridized carbons (Fsp3) is 0.545. The van der Waals surface area contributed by atoms with Crippen molar-refractivity contribution in [2.24, 2.45) is 0 Å². The Morgan fingerprint density at radius 2 is 2.00 bits per heavy atom. The van der Waals surface area contributed by atoms with E-state index in [1.165, 1.54) is 16.3 Å². The number of nitrogens with zero attached hydrogens (tertiary/aromatic N) is 2. The van der Waals surface area contributed by atoms with Gasteiger partial charge in [-0.2, -0.15) is 0 Å². The van der Waals surface area contributed by atoms with E-state index in [2.05, 4.69) is 66.4 Å². The molecule has 2 saturated heterocycles. The summed E-state index contributed by atoms with van der Waals surface area (Å²) in [6.07, 6.45) is 2.55. The second kappa shape index (κ2) is 7.65. The van der Waals surface area contributed by atoms with Crippen LogP contribution >= 0.6 is 0 Å². The third-order valence-electron chi connectivity index (χ3n) is 5.61. The minimum absolute atomic E-state index is 0.137. The van der Waals surface area contributed by atoms with Crippen LogP contribution in [-0.4, -0.2) is 68.4 Å².